The Morgan fingerprint density at radius 1 is 1.00 bits per heavy atom. The van der Waals surface area contributed by atoms with Crippen LogP contribution in [0.15, 0.2) is 53.8 Å². The van der Waals surface area contributed by atoms with Gasteiger partial charge >= 0.3 is 0 Å². The van der Waals surface area contributed by atoms with Crippen LogP contribution in [0.1, 0.15) is 48.4 Å². The van der Waals surface area contributed by atoms with Gasteiger partial charge in [0.15, 0.2) is 0 Å². The van der Waals surface area contributed by atoms with Gasteiger partial charge in [0.1, 0.15) is 11.5 Å². The van der Waals surface area contributed by atoms with Gasteiger partial charge in [-0.2, -0.15) is 4.98 Å². The highest BCUT2D eigenvalue weighted by Gasteiger charge is 2.24. The Hall–Kier alpha value is -4.29. The summed E-state index contributed by atoms with van der Waals surface area (Å²) in [5, 5.41) is 7.44. The molecule has 0 aromatic carbocycles. The van der Waals surface area contributed by atoms with Crippen LogP contribution >= 0.6 is 0 Å². The zero-order valence-corrected chi connectivity index (χ0v) is 21.4. The maximum Gasteiger partial charge on any atom is 0.268 e. The minimum absolute atomic E-state index is 0.0911. The highest BCUT2D eigenvalue weighted by molar-refractivity contribution is 5.82. The van der Waals surface area contributed by atoms with Crippen molar-refractivity contribution in [3.05, 3.63) is 76.1 Å². The number of anilines is 3. The molecule has 1 aliphatic carbocycles. The van der Waals surface area contributed by atoms with Gasteiger partial charge < -0.3 is 15.5 Å². The lowest BCUT2D eigenvalue weighted by molar-refractivity contribution is 0.515. The number of piperazine rings is 1. The molecule has 1 aliphatic heterocycles. The summed E-state index contributed by atoms with van der Waals surface area (Å²) in [7, 11) is 0. The van der Waals surface area contributed by atoms with E-state index in [1.165, 1.54) is 0 Å². The Morgan fingerprint density at radius 2 is 1.79 bits per heavy atom. The van der Waals surface area contributed by atoms with Crippen molar-refractivity contribution in [1.82, 2.24) is 29.8 Å². The lowest BCUT2D eigenvalue weighted by Crippen LogP contribution is -2.43. The molecule has 1 saturated heterocycles. The summed E-state index contributed by atoms with van der Waals surface area (Å²) in [5.41, 5.74) is 3.76. The van der Waals surface area contributed by atoms with E-state index in [9.17, 15) is 4.79 Å². The van der Waals surface area contributed by atoms with Crippen LogP contribution in [0.3, 0.4) is 0 Å². The third-order valence-electron chi connectivity index (χ3n) is 7.38. The summed E-state index contributed by atoms with van der Waals surface area (Å²) in [5.74, 6) is 7.34. The van der Waals surface area contributed by atoms with Crippen LogP contribution in [0, 0.1) is 18.8 Å². The van der Waals surface area contributed by atoms with Crippen LogP contribution in [0.25, 0.3) is 11.0 Å². The fourth-order valence-electron chi connectivity index (χ4n) is 5.30. The van der Waals surface area contributed by atoms with Crippen LogP contribution in [-0.4, -0.2) is 50.7 Å². The summed E-state index contributed by atoms with van der Waals surface area (Å²) in [6.45, 7) is 5.81. The normalized spacial score (nSPS) is 15.9. The molecule has 0 spiro atoms. The van der Waals surface area contributed by atoms with E-state index >= 15 is 0 Å². The second kappa shape index (κ2) is 10.6. The monoisotopic (exact) mass is 506 g/mol. The highest BCUT2D eigenvalue weighted by Crippen LogP contribution is 2.32. The van der Waals surface area contributed by atoms with E-state index in [0.29, 0.717) is 23.0 Å². The van der Waals surface area contributed by atoms with Gasteiger partial charge in [-0.15, -0.1) is 0 Å². The number of pyridine rings is 3. The number of aryl methyl sites for hydroxylation is 1. The van der Waals surface area contributed by atoms with Gasteiger partial charge in [0.05, 0.1) is 17.4 Å². The number of rotatable bonds is 4. The van der Waals surface area contributed by atoms with Crippen molar-refractivity contribution in [2.24, 2.45) is 0 Å². The molecule has 0 bridgehead atoms. The molecule has 0 radical (unpaired) electrons. The highest BCUT2D eigenvalue weighted by atomic mass is 16.1. The quantitative estimate of drug-likeness (QED) is 0.405. The zero-order chi connectivity index (χ0) is 25.9. The molecule has 9 nitrogen and oxygen atoms in total. The summed E-state index contributed by atoms with van der Waals surface area (Å²) >= 11 is 0. The molecule has 4 aromatic heterocycles. The van der Waals surface area contributed by atoms with E-state index in [0.717, 1.165) is 74.1 Å². The molecule has 5 heterocycles. The molecule has 0 amide bonds. The number of aromatic nitrogens is 5. The second-order valence-corrected chi connectivity index (χ2v) is 9.79. The smallest absolute Gasteiger partial charge is 0.268 e. The van der Waals surface area contributed by atoms with Gasteiger partial charge in [0.25, 0.3) is 5.56 Å². The van der Waals surface area contributed by atoms with Gasteiger partial charge in [0, 0.05) is 61.8 Å². The van der Waals surface area contributed by atoms with Crippen molar-refractivity contribution >= 4 is 28.5 Å². The second-order valence-electron chi connectivity index (χ2n) is 9.79. The Labute approximate surface area is 221 Å². The van der Waals surface area contributed by atoms with Gasteiger partial charge in [-0.1, -0.05) is 24.7 Å². The lowest BCUT2D eigenvalue weighted by Gasteiger charge is -2.29. The molecule has 2 N–H and O–H groups in total. The predicted octanol–water partition coefficient (Wildman–Crippen LogP) is 3.56. The van der Waals surface area contributed by atoms with Crippen molar-refractivity contribution in [1.29, 1.82) is 0 Å². The summed E-state index contributed by atoms with van der Waals surface area (Å²) in [6.07, 6.45) is 11.2. The maximum absolute atomic E-state index is 13.8. The number of hydrogen-bond acceptors (Lipinski definition) is 8. The number of fused-ring (bicyclic) bond motifs is 1. The van der Waals surface area contributed by atoms with E-state index in [1.807, 2.05) is 35.9 Å². The Bertz CT molecular complexity index is 1560. The van der Waals surface area contributed by atoms with Crippen LogP contribution in [0.5, 0.6) is 0 Å². The van der Waals surface area contributed by atoms with Crippen molar-refractivity contribution in [2.75, 3.05) is 36.4 Å². The first-order chi connectivity index (χ1) is 18.7. The number of hydrogen-bond donors (Lipinski definition) is 2. The number of nitrogens with zero attached hydrogens (tertiary/aromatic N) is 6. The molecular formula is C29H30N8O. The summed E-state index contributed by atoms with van der Waals surface area (Å²) < 4.78 is 1.85. The lowest BCUT2D eigenvalue weighted by atomic mass is 10.1. The van der Waals surface area contributed by atoms with Crippen LogP contribution in [0.4, 0.5) is 17.5 Å². The third kappa shape index (κ3) is 4.83. The first-order valence-electron chi connectivity index (χ1n) is 13.2. The van der Waals surface area contributed by atoms with Gasteiger partial charge in [0.2, 0.25) is 5.95 Å². The number of nitrogens with one attached hydrogen (secondary N) is 2. The molecule has 1 saturated carbocycles. The van der Waals surface area contributed by atoms with E-state index in [1.54, 1.807) is 18.6 Å². The first kappa shape index (κ1) is 24.1. The average molecular weight is 507 g/mol. The molecule has 0 unspecified atom stereocenters. The topological polar surface area (TPSA) is 101 Å². The average Bonchev–Trinajstić information content (AvgIpc) is 3.49. The van der Waals surface area contributed by atoms with E-state index in [4.69, 9.17) is 4.98 Å². The molecule has 38 heavy (non-hydrogen) atoms. The molecule has 0 atom stereocenters. The third-order valence-corrected chi connectivity index (χ3v) is 7.38. The fraction of sp³-hybridized carbons (Fsp3) is 0.345. The van der Waals surface area contributed by atoms with Crippen LogP contribution < -0.4 is 21.1 Å². The summed E-state index contributed by atoms with van der Waals surface area (Å²) in [6, 6.07) is 7.78. The Kier molecular flexibility index (Phi) is 6.71. The van der Waals surface area contributed by atoms with E-state index in [-0.39, 0.29) is 11.6 Å². The summed E-state index contributed by atoms with van der Waals surface area (Å²) in [4.78, 5) is 34.2. The predicted molar refractivity (Wildman–Crippen MR) is 149 cm³/mol. The Morgan fingerprint density at radius 3 is 2.53 bits per heavy atom. The molecular weight excluding hydrogens is 476 g/mol. The standard InChI is InChI=1S/C29H30N8O/c1-20-24(8-6-21-10-12-30-13-11-21)28(38)37(22-4-2-3-5-22)27-25(20)19-33-29(35-27)34-26-9-7-23(18-32-26)36-16-14-31-15-17-36/h7,9-13,18-19,22,31H,2-5,14-17H2,1H3,(H,32,33,34,35). The zero-order valence-electron chi connectivity index (χ0n) is 21.4. The van der Waals surface area contributed by atoms with Crippen LogP contribution in [-0.2, 0) is 0 Å². The van der Waals surface area contributed by atoms with E-state index < -0.39 is 0 Å². The van der Waals surface area contributed by atoms with Gasteiger partial charge in [-0.25, -0.2) is 9.97 Å². The van der Waals surface area contributed by atoms with Crippen molar-refractivity contribution in [2.45, 2.75) is 38.6 Å². The molecule has 6 rings (SSSR count). The molecule has 2 fully saturated rings. The maximum atomic E-state index is 13.8. The molecule has 192 valence electrons. The molecule has 4 aromatic rings. The van der Waals surface area contributed by atoms with E-state index in [2.05, 4.69) is 48.4 Å². The minimum Gasteiger partial charge on any atom is -0.368 e. The SMILES string of the molecule is Cc1c(C#Cc2ccncc2)c(=O)n(C2CCCC2)c2nc(Nc3ccc(N4CCNCC4)cn3)ncc12. The van der Waals surface area contributed by atoms with Gasteiger partial charge in [-0.3, -0.25) is 14.3 Å². The van der Waals surface area contributed by atoms with Crippen molar-refractivity contribution in [3.63, 3.8) is 0 Å². The minimum atomic E-state index is -0.0911. The van der Waals surface area contributed by atoms with Crippen molar-refractivity contribution in [3.8, 4) is 11.8 Å². The largest absolute Gasteiger partial charge is 0.368 e. The Balaban J connectivity index is 1.37. The molecule has 9 heteroatoms. The molecule has 2 aliphatic rings. The van der Waals surface area contributed by atoms with Crippen molar-refractivity contribution < 1.29 is 0 Å². The fourth-order valence-corrected chi connectivity index (χ4v) is 5.30. The van der Waals surface area contributed by atoms with Crippen LogP contribution in [0.2, 0.25) is 0 Å². The first-order valence-corrected chi connectivity index (χ1v) is 13.2. The van der Waals surface area contributed by atoms with Gasteiger partial charge in [-0.05, 0) is 49.6 Å².